The summed E-state index contributed by atoms with van der Waals surface area (Å²) >= 11 is 0. The van der Waals surface area contributed by atoms with Crippen molar-refractivity contribution < 1.29 is 22.7 Å². The average Bonchev–Trinajstić information content (AvgIpc) is 2.69. The predicted molar refractivity (Wildman–Crippen MR) is 74.7 cm³/mol. The highest BCUT2D eigenvalue weighted by Gasteiger charge is 2.32. The fourth-order valence-electron chi connectivity index (χ4n) is 2.29. The third-order valence-electron chi connectivity index (χ3n) is 3.10. The molecule has 1 N–H and O–H groups in total. The van der Waals surface area contributed by atoms with Crippen molar-refractivity contribution in [1.82, 2.24) is 10.4 Å². The number of rotatable bonds is 3. The molecule has 2 rings (SSSR count). The number of hydrogen-bond acceptors (Lipinski definition) is 4. The number of alkyl halides is 3. The Balaban J connectivity index is 2.25. The molecule has 1 aromatic rings. The van der Waals surface area contributed by atoms with Crippen LogP contribution in [0.3, 0.4) is 0 Å². The second-order valence-electron chi connectivity index (χ2n) is 4.92. The number of nitrogens with zero attached hydrogens (tertiary/aromatic N) is 2. The smallest absolute Gasteiger partial charge is 0.406 e. The largest absolute Gasteiger partial charge is 0.573 e. The molecule has 8 heteroatoms. The summed E-state index contributed by atoms with van der Waals surface area (Å²) in [6.45, 7) is 3.25. The van der Waals surface area contributed by atoms with E-state index in [0.717, 1.165) is 5.70 Å². The molecule has 120 valence electrons. The van der Waals surface area contributed by atoms with Crippen molar-refractivity contribution in [3.8, 4) is 5.75 Å². The molecule has 0 bridgehead atoms. The second kappa shape index (κ2) is 5.88. The number of anilines is 1. The minimum Gasteiger partial charge on any atom is -0.406 e. The van der Waals surface area contributed by atoms with Gasteiger partial charge in [0.1, 0.15) is 11.9 Å². The predicted octanol–water partition coefficient (Wildman–Crippen LogP) is 2.62. The number of allylic oxidation sites excluding steroid dienone is 1. The lowest BCUT2D eigenvalue weighted by Gasteiger charge is -2.31. The van der Waals surface area contributed by atoms with Gasteiger partial charge in [-0.25, -0.2) is 5.01 Å². The van der Waals surface area contributed by atoms with Crippen LogP contribution in [0, 0.1) is 0 Å². The molecule has 1 unspecified atom stereocenters. The summed E-state index contributed by atoms with van der Waals surface area (Å²) < 4.78 is 40.3. The third-order valence-corrected chi connectivity index (χ3v) is 3.10. The fraction of sp³-hybridized carbons (Fsp3) is 0.357. The maximum atomic E-state index is 12.2. The maximum Gasteiger partial charge on any atom is 0.573 e. The highest BCUT2D eigenvalue weighted by atomic mass is 19.4. The first-order chi connectivity index (χ1) is 10.2. The Kier molecular flexibility index (Phi) is 4.32. The standard InChI is InChI=1S/C14H16F3N3O2/c1-9-8-13(19(3)18-9)20(10(2)21)11-4-6-12(7-5-11)22-14(15,16)17/h4-8,13,18H,1-3H3. The van der Waals surface area contributed by atoms with E-state index in [0.29, 0.717) is 5.69 Å². The molecule has 1 aromatic carbocycles. The van der Waals surface area contributed by atoms with Crippen LogP contribution < -0.4 is 15.1 Å². The Hall–Kier alpha value is -2.22. The van der Waals surface area contributed by atoms with Crippen LogP contribution in [0.1, 0.15) is 13.8 Å². The molecule has 0 saturated heterocycles. The molecule has 1 aliphatic rings. The topological polar surface area (TPSA) is 44.8 Å². The summed E-state index contributed by atoms with van der Waals surface area (Å²) in [7, 11) is 1.77. The fourth-order valence-corrected chi connectivity index (χ4v) is 2.29. The first kappa shape index (κ1) is 16.2. The average molecular weight is 315 g/mol. The van der Waals surface area contributed by atoms with E-state index in [-0.39, 0.29) is 17.8 Å². The zero-order valence-corrected chi connectivity index (χ0v) is 12.3. The van der Waals surface area contributed by atoms with Crippen molar-refractivity contribution in [1.29, 1.82) is 0 Å². The number of halogens is 3. The molecule has 5 nitrogen and oxygen atoms in total. The number of hydrazine groups is 1. The van der Waals surface area contributed by atoms with E-state index in [1.54, 1.807) is 12.1 Å². The van der Waals surface area contributed by atoms with Crippen molar-refractivity contribution in [3.63, 3.8) is 0 Å². The number of likely N-dealkylation sites (N-methyl/N-ethyl adjacent to an activating group) is 1. The van der Waals surface area contributed by atoms with E-state index in [1.165, 1.54) is 36.1 Å². The minimum atomic E-state index is -4.74. The molecule has 0 saturated carbocycles. The third kappa shape index (κ3) is 3.70. The quantitative estimate of drug-likeness (QED) is 0.931. The number of carbonyl (C=O) groups excluding carboxylic acids is 1. The van der Waals surface area contributed by atoms with E-state index >= 15 is 0 Å². The van der Waals surface area contributed by atoms with Crippen LogP contribution in [0.5, 0.6) is 5.75 Å². The Morgan fingerprint density at radius 2 is 1.91 bits per heavy atom. The second-order valence-corrected chi connectivity index (χ2v) is 4.92. The molecule has 0 spiro atoms. The lowest BCUT2D eigenvalue weighted by atomic mass is 10.2. The van der Waals surface area contributed by atoms with Crippen molar-refractivity contribution in [2.24, 2.45) is 0 Å². The maximum absolute atomic E-state index is 12.2. The van der Waals surface area contributed by atoms with Crippen LogP contribution in [0.2, 0.25) is 0 Å². The summed E-state index contributed by atoms with van der Waals surface area (Å²) in [5.41, 5.74) is 4.40. The minimum absolute atomic E-state index is 0.228. The number of nitrogens with one attached hydrogen (secondary N) is 1. The van der Waals surface area contributed by atoms with Gasteiger partial charge in [0, 0.05) is 25.4 Å². The van der Waals surface area contributed by atoms with E-state index in [4.69, 9.17) is 0 Å². The van der Waals surface area contributed by atoms with Gasteiger partial charge in [-0.05, 0) is 37.3 Å². The van der Waals surface area contributed by atoms with Gasteiger partial charge in [0.05, 0.1) is 0 Å². The van der Waals surface area contributed by atoms with E-state index in [1.807, 2.05) is 13.0 Å². The number of hydrogen-bond donors (Lipinski definition) is 1. The Morgan fingerprint density at radius 1 is 1.32 bits per heavy atom. The van der Waals surface area contributed by atoms with Gasteiger partial charge >= 0.3 is 6.36 Å². The summed E-state index contributed by atoms with van der Waals surface area (Å²) in [4.78, 5) is 13.4. The van der Waals surface area contributed by atoms with Crippen LogP contribution in [0.15, 0.2) is 36.0 Å². The molecule has 1 amide bonds. The SMILES string of the molecule is CC(=O)N(c1ccc(OC(F)(F)F)cc1)C1C=C(C)NN1C. The molecular weight excluding hydrogens is 299 g/mol. The molecule has 1 atom stereocenters. The number of benzene rings is 1. The molecule has 22 heavy (non-hydrogen) atoms. The zero-order valence-electron chi connectivity index (χ0n) is 12.3. The van der Waals surface area contributed by atoms with Gasteiger partial charge in [0.2, 0.25) is 5.91 Å². The summed E-state index contributed by atoms with van der Waals surface area (Å²) in [6.07, 6.45) is -3.24. The van der Waals surface area contributed by atoms with Gasteiger partial charge in [0.25, 0.3) is 0 Å². The summed E-state index contributed by atoms with van der Waals surface area (Å²) in [5, 5.41) is 1.73. The van der Waals surface area contributed by atoms with Crippen molar-refractivity contribution in [3.05, 3.63) is 36.0 Å². The van der Waals surface area contributed by atoms with Gasteiger partial charge in [0.15, 0.2) is 0 Å². The molecule has 0 fully saturated rings. The van der Waals surface area contributed by atoms with Gasteiger partial charge in [-0.3, -0.25) is 9.69 Å². The van der Waals surface area contributed by atoms with Crippen molar-refractivity contribution >= 4 is 11.6 Å². The first-order valence-corrected chi connectivity index (χ1v) is 6.51. The molecule has 0 aromatic heterocycles. The Labute approximate surface area is 125 Å². The van der Waals surface area contributed by atoms with Gasteiger partial charge in [-0.2, -0.15) is 0 Å². The van der Waals surface area contributed by atoms with Gasteiger partial charge in [-0.1, -0.05) is 0 Å². The van der Waals surface area contributed by atoms with Crippen LogP contribution in [0.25, 0.3) is 0 Å². The van der Waals surface area contributed by atoms with E-state index in [9.17, 15) is 18.0 Å². The monoisotopic (exact) mass is 315 g/mol. The van der Waals surface area contributed by atoms with Crippen LogP contribution in [-0.4, -0.2) is 30.5 Å². The molecule has 1 aliphatic heterocycles. The normalized spacial score (nSPS) is 18.6. The summed E-state index contributed by atoms with van der Waals surface area (Å²) in [6, 6.07) is 5.19. The van der Waals surface area contributed by atoms with Crippen molar-refractivity contribution in [2.45, 2.75) is 26.4 Å². The van der Waals surface area contributed by atoms with Crippen LogP contribution >= 0.6 is 0 Å². The highest BCUT2D eigenvalue weighted by molar-refractivity contribution is 5.92. The first-order valence-electron chi connectivity index (χ1n) is 6.51. The molecule has 0 aliphatic carbocycles. The van der Waals surface area contributed by atoms with E-state index in [2.05, 4.69) is 10.2 Å². The van der Waals surface area contributed by atoms with Gasteiger partial charge < -0.3 is 10.2 Å². The molecule has 0 radical (unpaired) electrons. The molecular formula is C14H16F3N3O2. The summed E-state index contributed by atoms with van der Waals surface area (Å²) in [5.74, 6) is -0.557. The molecule has 1 heterocycles. The lowest BCUT2D eigenvalue weighted by molar-refractivity contribution is -0.274. The van der Waals surface area contributed by atoms with Crippen LogP contribution in [-0.2, 0) is 4.79 Å². The Bertz CT molecular complexity index is 584. The number of amides is 1. The van der Waals surface area contributed by atoms with Gasteiger partial charge in [-0.15, -0.1) is 13.2 Å². The Morgan fingerprint density at radius 3 is 2.32 bits per heavy atom. The number of ether oxygens (including phenoxy) is 1. The lowest BCUT2D eigenvalue weighted by Crippen LogP contribution is -2.48. The van der Waals surface area contributed by atoms with Crippen LogP contribution in [0.4, 0.5) is 18.9 Å². The van der Waals surface area contributed by atoms with Crippen molar-refractivity contribution in [2.75, 3.05) is 11.9 Å². The zero-order chi connectivity index (χ0) is 16.5. The number of carbonyl (C=O) groups is 1. The van der Waals surface area contributed by atoms with E-state index < -0.39 is 6.36 Å². The highest BCUT2D eigenvalue weighted by Crippen LogP contribution is 2.27.